The Balaban J connectivity index is 2.78. The molecule has 0 aliphatic rings. The number of methoxy groups -OCH3 is 1. The van der Waals surface area contributed by atoms with Gasteiger partial charge in [-0.05, 0) is 32.0 Å². The molecule has 3 nitrogen and oxygen atoms in total. The van der Waals surface area contributed by atoms with Crippen LogP contribution in [0, 0.1) is 0 Å². The van der Waals surface area contributed by atoms with E-state index in [2.05, 4.69) is 19.2 Å². The van der Waals surface area contributed by atoms with E-state index in [-0.39, 0.29) is 6.10 Å². The first-order valence-electron chi connectivity index (χ1n) is 6.73. The standard InChI is InChI=1S/C15H25NO2/c1-5-9-12(16-3)13(6-2)18-15-11-8-7-10-14(15)17-4/h7-8,10-13,16H,5-6,9H2,1-4H3. The molecule has 1 rings (SSSR count). The Hall–Kier alpha value is -1.22. The lowest BCUT2D eigenvalue weighted by atomic mass is 10.0. The van der Waals surface area contributed by atoms with Crippen molar-refractivity contribution in [3.05, 3.63) is 24.3 Å². The predicted octanol–water partition coefficient (Wildman–Crippen LogP) is 3.24. The van der Waals surface area contributed by atoms with Crippen molar-refractivity contribution in [2.24, 2.45) is 0 Å². The summed E-state index contributed by atoms with van der Waals surface area (Å²) < 4.78 is 11.4. The van der Waals surface area contributed by atoms with Crippen molar-refractivity contribution in [2.45, 2.75) is 45.3 Å². The molecule has 0 heterocycles. The van der Waals surface area contributed by atoms with Gasteiger partial charge in [-0.3, -0.25) is 0 Å². The molecule has 1 aromatic rings. The van der Waals surface area contributed by atoms with Gasteiger partial charge in [0.25, 0.3) is 0 Å². The third-order valence-corrected chi connectivity index (χ3v) is 3.17. The van der Waals surface area contributed by atoms with Crippen molar-refractivity contribution in [1.29, 1.82) is 0 Å². The molecular weight excluding hydrogens is 226 g/mol. The molecule has 18 heavy (non-hydrogen) atoms. The van der Waals surface area contributed by atoms with Crippen molar-refractivity contribution < 1.29 is 9.47 Å². The first-order valence-corrected chi connectivity index (χ1v) is 6.73. The van der Waals surface area contributed by atoms with Crippen LogP contribution in [0.1, 0.15) is 33.1 Å². The summed E-state index contributed by atoms with van der Waals surface area (Å²) in [5, 5.41) is 3.35. The summed E-state index contributed by atoms with van der Waals surface area (Å²) in [7, 11) is 3.67. The molecule has 0 aliphatic heterocycles. The lowest BCUT2D eigenvalue weighted by molar-refractivity contribution is 0.142. The number of hydrogen-bond acceptors (Lipinski definition) is 3. The minimum Gasteiger partial charge on any atom is -0.493 e. The average Bonchev–Trinajstić information content (AvgIpc) is 2.43. The molecule has 0 amide bonds. The zero-order valence-corrected chi connectivity index (χ0v) is 11.9. The lowest BCUT2D eigenvalue weighted by Crippen LogP contribution is -2.40. The second kappa shape index (κ2) is 7.98. The largest absolute Gasteiger partial charge is 0.493 e. The zero-order chi connectivity index (χ0) is 13.4. The Kier molecular flexibility index (Phi) is 6.58. The van der Waals surface area contributed by atoms with Crippen LogP contribution in [0.3, 0.4) is 0 Å². The molecule has 102 valence electrons. The number of hydrogen-bond donors (Lipinski definition) is 1. The van der Waals surface area contributed by atoms with Crippen molar-refractivity contribution in [1.82, 2.24) is 5.32 Å². The molecule has 0 saturated carbocycles. The number of rotatable bonds is 8. The maximum atomic E-state index is 6.10. The van der Waals surface area contributed by atoms with E-state index in [0.29, 0.717) is 6.04 Å². The van der Waals surface area contributed by atoms with Crippen LogP contribution in [0.15, 0.2) is 24.3 Å². The number of likely N-dealkylation sites (N-methyl/N-ethyl adjacent to an activating group) is 1. The van der Waals surface area contributed by atoms with E-state index < -0.39 is 0 Å². The van der Waals surface area contributed by atoms with Crippen LogP contribution < -0.4 is 14.8 Å². The molecule has 2 unspecified atom stereocenters. The Morgan fingerprint density at radius 1 is 1.17 bits per heavy atom. The maximum Gasteiger partial charge on any atom is 0.161 e. The van der Waals surface area contributed by atoms with Gasteiger partial charge in [-0.1, -0.05) is 32.4 Å². The van der Waals surface area contributed by atoms with E-state index in [1.165, 1.54) is 0 Å². The molecule has 3 heteroatoms. The van der Waals surface area contributed by atoms with Crippen LogP contribution in [-0.2, 0) is 0 Å². The zero-order valence-electron chi connectivity index (χ0n) is 11.9. The van der Waals surface area contributed by atoms with Crippen molar-refractivity contribution >= 4 is 0 Å². The van der Waals surface area contributed by atoms with E-state index in [4.69, 9.17) is 9.47 Å². The predicted molar refractivity (Wildman–Crippen MR) is 75.5 cm³/mol. The van der Waals surface area contributed by atoms with E-state index in [1.807, 2.05) is 31.3 Å². The van der Waals surface area contributed by atoms with Gasteiger partial charge < -0.3 is 14.8 Å². The highest BCUT2D eigenvalue weighted by atomic mass is 16.5. The van der Waals surface area contributed by atoms with Crippen molar-refractivity contribution in [3.63, 3.8) is 0 Å². The fraction of sp³-hybridized carbons (Fsp3) is 0.600. The summed E-state index contributed by atoms with van der Waals surface area (Å²) in [6.45, 7) is 4.35. The summed E-state index contributed by atoms with van der Waals surface area (Å²) in [5.74, 6) is 1.62. The van der Waals surface area contributed by atoms with Gasteiger partial charge in [0.05, 0.1) is 7.11 Å². The molecule has 2 atom stereocenters. The molecule has 0 spiro atoms. The number of nitrogens with one attached hydrogen (secondary N) is 1. The van der Waals surface area contributed by atoms with E-state index >= 15 is 0 Å². The summed E-state index contributed by atoms with van der Waals surface area (Å²) in [4.78, 5) is 0. The van der Waals surface area contributed by atoms with Gasteiger partial charge in [-0.2, -0.15) is 0 Å². The van der Waals surface area contributed by atoms with Gasteiger partial charge >= 0.3 is 0 Å². The van der Waals surface area contributed by atoms with Gasteiger partial charge in [0.1, 0.15) is 6.10 Å². The van der Waals surface area contributed by atoms with Gasteiger partial charge in [0, 0.05) is 6.04 Å². The summed E-state index contributed by atoms with van der Waals surface area (Å²) in [5.41, 5.74) is 0. The van der Waals surface area contributed by atoms with Gasteiger partial charge in [-0.15, -0.1) is 0 Å². The fourth-order valence-corrected chi connectivity index (χ4v) is 2.16. The average molecular weight is 251 g/mol. The highest BCUT2D eigenvalue weighted by molar-refractivity contribution is 5.39. The van der Waals surface area contributed by atoms with Crippen LogP contribution in [0.4, 0.5) is 0 Å². The molecule has 0 radical (unpaired) electrons. The molecule has 1 aromatic carbocycles. The van der Waals surface area contributed by atoms with Crippen LogP contribution >= 0.6 is 0 Å². The van der Waals surface area contributed by atoms with Gasteiger partial charge in [0.15, 0.2) is 11.5 Å². The SMILES string of the molecule is CCCC(NC)C(CC)Oc1ccccc1OC. The first-order chi connectivity index (χ1) is 8.76. The first kappa shape index (κ1) is 14.8. The molecule has 0 bridgehead atoms. The smallest absolute Gasteiger partial charge is 0.161 e. The summed E-state index contributed by atoms with van der Waals surface area (Å²) >= 11 is 0. The second-order valence-electron chi connectivity index (χ2n) is 4.40. The van der Waals surface area contributed by atoms with Gasteiger partial charge in [0.2, 0.25) is 0 Å². The van der Waals surface area contributed by atoms with Crippen molar-refractivity contribution in [2.75, 3.05) is 14.2 Å². The minimum atomic E-state index is 0.172. The molecule has 1 N–H and O–H groups in total. The molecule has 0 aliphatic carbocycles. The van der Waals surface area contributed by atoms with Crippen molar-refractivity contribution in [3.8, 4) is 11.5 Å². The minimum absolute atomic E-state index is 0.172. The fourth-order valence-electron chi connectivity index (χ4n) is 2.16. The Bertz CT molecular complexity index is 341. The molecule has 0 saturated heterocycles. The van der Waals surface area contributed by atoms with Crippen LogP contribution in [0.2, 0.25) is 0 Å². The molecule has 0 aromatic heterocycles. The topological polar surface area (TPSA) is 30.5 Å². The second-order valence-corrected chi connectivity index (χ2v) is 4.40. The number of para-hydroxylation sites is 2. The van der Waals surface area contributed by atoms with Gasteiger partial charge in [-0.25, -0.2) is 0 Å². The maximum absolute atomic E-state index is 6.10. The van der Waals surface area contributed by atoms with E-state index in [9.17, 15) is 0 Å². The molecule has 0 fully saturated rings. The normalized spacial score (nSPS) is 14.0. The number of benzene rings is 1. The Morgan fingerprint density at radius 2 is 1.83 bits per heavy atom. The quantitative estimate of drug-likeness (QED) is 0.769. The highest BCUT2D eigenvalue weighted by Gasteiger charge is 2.20. The Labute approximate surface area is 110 Å². The lowest BCUT2D eigenvalue weighted by Gasteiger charge is -2.27. The van der Waals surface area contributed by atoms with E-state index in [0.717, 1.165) is 30.8 Å². The van der Waals surface area contributed by atoms with E-state index in [1.54, 1.807) is 7.11 Å². The third kappa shape index (κ3) is 3.91. The summed E-state index contributed by atoms with van der Waals surface area (Å²) in [6.07, 6.45) is 3.41. The van der Waals surface area contributed by atoms with Crippen LogP contribution in [-0.4, -0.2) is 26.3 Å². The monoisotopic (exact) mass is 251 g/mol. The molecular formula is C15H25NO2. The Morgan fingerprint density at radius 3 is 2.33 bits per heavy atom. The number of ether oxygens (including phenoxy) is 2. The highest BCUT2D eigenvalue weighted by Crippen LogP contribution is 2.28. The third-order valence-electron chi connectivity index (χ3n) is 3.17. The van der Waals surface area contributed by atoms with Crippen LogP contribution in [0.5, 0.6) is 11.5 Å². The summed E-state index contributed by atoms with van der Waals surface area (Å²) in [6, 6.07) is 8.19. The van der Waals surface area contributed by atoms with Crippen LogP contribution in [0.25, 0.3) is 0 Å².